The zero-order chi connectivity index (χ0) is 16.1. The minimum absolute atomic E-state index is 0. The maximum atomic E-state index is 4.30. The van der Waals surface area contributed by atoms with Gasteiger partial charge in [0.1, 0.15) is 0 Å². The molecule has 1 saturated carbocycles. The Kier molecular flexibility index (Phi) is 7.40. The molecule has 0 spiro atoms. The molecule has 1 aliphatic carbocycles. The molecule has 24 heavy (non-hydrogen) atoms. The molecule has 1 heterocycles. The van der Waals surface area contributed by atoms with Crippen LogP contribution in [0.4, 0.5) is 0 Å². The van der Waals surface area contributed by atoms with E-state index in [4.69, 9.17) is 0 Å². The van der Waals surface area contributed by atoms with E-state index in [0.717, 1.165) is 31.4 Å². The van der Waals surface area contributed by atoms with Gasteiger partial charge in [-0.2, -0.15) is 0 Å². The van der Waals surface area contributed by atoms with Gasteiger partial charge in [0.2, 0.25) is 0 Å². The Morgan fingerprint density at radius 3 is 2.79 bits per heavy atom. The summed E-state index contributed by atoms with van der Waals surface area (Å²) in [5.74, 6) is 1.92. The lowest BCUT2D eigenvalue weighted by Gasteiger charge is -2.11. The van der Waals surface area contributed by atoms with E-state index < -0.39 is 0 Å². The molecule has 4 nitrogen and oxygen atoms in total. The Bertz CT molecular complexity index is 673. The number of hydrogen-bond acceptors (Lipinski definition) is 1. The number of H-pyrrole nitrogens is 1. The summed E-state index contributed by atoms with van der Waals surface area (Å²) in [5.41, 5.74) is 3.87. The number of hydrogen-bond donors (Lipinski definition) is 3. The molecule has 0 saturated heterocycles. The van der Waals surface area contributed by atoms with Gasteiger partial charge in [-0.1, -0.05) is 25.0 Å². The Labute approximate surface area is 161 Å². The number of aryl methyl sites for hydroxylation is 1. The van der Waals surface area contributed by atoms with E-state index in [0.29, 0.717) is 0 Å². The monoisotopic (exact) mass is 440 g/mol. The lowest BCUT2D eigenvalue weighted by Crippen LogP contribution is -2.38. The van der Waals surface area contributed by atoms with Crippen LogP contribution in [0.1, 0.15) is 36.8 Å². The predicted octanol–water partition coefficient (Wildman–Crippen LogP) is 3.99. The van der Waals surface area contributed by atoms with Crippen molar-refractivity contribution in [1.82, 2.24) is 15.6 Å². The minimum Gasteiger partial charge on any atom is -0.361 e. The highest BCUT2D eigenvalue weighted by Crippen LogP contribution is 2.33. The van der Waals surface area contributed by atoms with Gasteiger partial charge in [-0.25, -0.2) is 0 Å². The van der Waals surface area contributed by atoms with Crippen LogP contribution in [0.2, 0.25) is 0 Å². The SMILES string of the molecule is CN=C(NCCCC1CC1)NCCc1c[nH]c2cc(C)ccc12.I. The maximum Gasteiger partial charge on any atom is 0.190 e. The second kappa shape index (κ2) is 9.30. The molecule has 1 aliphatic rings. The van der Waals surface area contributed by atoms with E-state index in [2.05, 4.69) is 51.9 Å². The molecule has 2 aromatic rings. The second-order valence-electron chi connectivity index (χ2n) is 6.62. The molecule has 0 bridgehead atoms. The quantitative estimate of drug-likeness (QED) is 0.264. The maximum absolute atomic E-state index is 4.30. The number of nitrogens with one attached hydrogen (secondary N) is 3. The summed E-state index contributed by atoms with van der Waals surface area (Å²) >= 11 is 0. The Morgan fingerprint density at radius 1 is 1.25 bits per heavy atom. The molecule has 132 valence electrons. The van der Waals surface area contributed by atoms with Crippen molar-refractivity contribution in [2.24, 2.45) is 10.9 Å². The molecule has 0 unspecified atom stereocenters. The number of aromatic amines is 1. The summed E-state index contributed by atoms with van der Waals surface area (Å²) in [7, 11) is 1.84. The van der Waals surface area contributed by atoms with Crippen LogP contribution in [0, 0.1) is 12.8 Å². The minimum atomic E-state index is 0. The first-order valence-electron chi connectivity index (χ1n) is 8.77. The molecule has 3 N–H and O–H groups in total. The molecule has 3 rings (SSSR count). The van der Waals surface area contributed by atoms with Gasteiger partial charge in [0.05, 0.1) is 0 Å². The first kappa shape index (κ1) is 19.1. The number of guanidine groups is 1. The lowest BCUT2D eigenvalue weighted by molar-refractivity contribution is 0.644. The van der Waals surface area contributed by atoms with Crippen LogP contribution < -0.4 is 10.6 Å². The van der Waals surface area contributed by atoms with Gasteiger partial charge in [0.25, 0.3) is 0 Å². The largest absolute Gasteiger partial charge is 0.361 e. The van der Waals surface area contributed by atoms with Crippen molar-refractivity contribution in [1.29, 1.82) is 0 Å². The van der Waals surface area contributed by atoms with Crippen molar-refractivity contribution in [2.75, 3.05) is 20.1 Å². The molecule has 1 aromatic heterocycles. The van der Waals surface area contributed by atoms with Gasteiger partial charge >= 0.3 is 0 Å². The molecular formula is C19H29IN4. The third kappa shape index (κ3) is 5.40. The number of benzene rings is 1. The van der Waals surface area contributed by atoms with Crippen molar-refractivity contribution >= 4 is 40.8 Å². The van der Waals surface area contributed by atoms with Crippen LogP contribution in [0.5, 0.6) is 0 Å². The fourth-order valence-corrected chi connectivity index (χ4v) is 3.05. The fraction of sp³-hybridized carbons (Fsp3) is 0.526. The van der Waals surface area contributed by atoms with Crippen LogP contribution in [0.3, 0.4) is 0 Å². The van der Waals surface area contributed by atoms with Gasteiger partial charge < -0.3 is 15.6 Å². The molecule has 5 heteroatoms. The third-order valence-corrected chi connectivity index (χ3v) is 4.61. The number of halogens is 1. The topological polar surface area (TPSA) is 52.2 Å². The van der Waals surface area contributed by atoms with E-state index in [1.54, 1.807) is 0 Å². The molecular weight excluding hydrogens is 411 g/mol. The Balaban J connectivity index is 0.00000208. The standard InChI is InChI=1S/C19H28N4.HI/c1-14-5-8-17-16(13-23-18(17)12-14)9-11-22-19(20-2)21-10-3-4-15-6-7-15;/h5,8,12-13,15,23H,3-4,6-7,9-11H2,1-2H3,(H2,20,21,22);1H. The van der Waals surface area contributed by atoms with E-state index in [-0.39, 0.29) is 24.0 Å². The second-order valence-corrected chi connectivity index (χ2v) is 6.62. The number of aromatic nitrogens is 1. The molecule has 0 amide bonds. The van der Waals surface area contributed by atoms with Gasteiger partial charge in [0, 0.05) is 37.2 Å². The number of fused-ring (bicyclic) bond motifs is 1. The molecule has 0 radical (unpaired) electrons. The first-order chi connectivity index (χ1) is 11.3. The Morgan fingerprint density at radius 2 is 2.04 bits per heavy atom. The Hall–Kier alpha value is -1.24. The van der Waals surface area contributed by atoms with Gasteiger partial charge in [-0.15, -0.1) is 24.0 Å². The molecule has 0 atom stereocenters. The van der Waals surface area contributed by atoms with E-state index in [1.165, 1.54) is 47.7 Å². The van der Waals surface area contributed by atoms with Crippen LogP contribution in [-0.4, -0.2) is 31.1 Å². The normalized spacial score (nSPS) is 14.5. The molecule has 1 fully saturated rings. The fourth-order valence-electron chi connectivity index (χ4n) is 3.05. The van der Waals surface area contributed by atoms with E-state index in [1.807, 2.05) is 7.05 Å². The lowest BCUT2D eigenvalue weighted by atomic mass is 10.1. The number of nitrogens with zero attached hydrogens (tertiary/aromatic N) is 1. The highest BCUT2D eigenvalue weighted by Gasteiger charge is 2.19. The molecule has 1 aromatic carbocycles. The summed E-state index contributed by atoms with van der Waals surface area (Å²) in [6, 6.07) is 6.58. The van der Waals surface area contributed by atoms with Crippen LogP contribution in [0.15, 0.2) is 29.4 Å². The van der Waals surface area contributed by atoms with Crippen LogP contribution in [-0.2, 0) is 6.42 Å². The summed E-state index contributed by atoms with van der Waals surface area (Å²) in [6.45, 7) is 4.03. The van der Waals surface area contributed by atoms with Gasteiger partial charge in [-0.05, 0) is 49.3 Å². The summed E-state index contributed by atoms with van der Waals surface area (Å²) in [5, 5.41) is 8.14. The first-order valence-corrected chi connectivity index (χ1v) is 8.77. The third-order valence-electron chi connectivity index (χ3n) is 4.61. The van der Waals surface area contributed by atoms with Crippen molar-refractivity contribution in [2.45, 2.75) is 39.0 Å². The number of rotatable bonds is 7. The van der Waals surface area contributed by atoms with Crippen molar-refractivity contribution in [3.8, 4) is 0 Å². The van der Waals surface area contributed by atoms with Crippen molar-refractivity contribution in [3.63, 3.8) is 0 Å². The average Bonchev–Trinajstić information content (AvgIpc) is 3.30. The van der Waals surface area contributed by atoms with Gasteiger partial charge in [-0.3, -0.25) is 4.99 Å². The summed E-state index contributed by atoms with van der Waals surface area (Å²) in [4.78, 5) is 7.67. The highest BCUT2D eigenvalue weighted by atomic mass is 127. The van der Waals surface area contributed by atoms with E-state index >= 15 is 0 Å². The zero-order valence-electron chi connectivity index (χ0n) is 14.7. The smallest absolute Gasteiger partial charge is 0.190 e. The van der Waals surface area contributed by atoms with Crippen molar-refractivity contribution < 1.29 is 0 Å². The molecule has 0 aliphatic heterocycles. The predicted molar refractivity (Wildman–Crippen MR) is 113 cm³/mol. The highest BCUT2D eigenvalue weighted by molar-refractivity contribution is 14.0. The van der Waals surface area contributed by atoms with E-state index in [9.17, 15) is 0 Å². The number of aliphatic imine (C=N–C) groups is 1. The van der Waals surface area contributed by atoms with Crippen LogP contribution >= 0.6 is 24.0 Å². The summed E-state index contributed by atoms with van der Waals surface area (Å²) in [6.07, 6.45) is 8.60. The average molecular weight is 440 g/mol. The van der Waals surface area contributed by atoms with Gasteiger partial charge in [0.15, 0.2) is 5.96 Å². The zero-order valence-corrected chi connectivity index (χ0v) is 17.0. The van der Waals surface area contributed by atoms with Crippen LogP contribution in [0.25, 0.3) is 10.9 Å². The van der Waals surface area contributed by atoms with Crippen molar-refractivity contribution in [3.05, 3.63) is 35.5 Å². The summed E-state index contributed by atoms with van der Waals surface area (Å²) < 4.78 is 0.